The van der Waals surface area contributed by atoms with Crippen molar-refractivity contribution in [2.24, 2.45) is 5.92 Å². The molecule has 1 aliphatic heterocycles. The number of sulfonamides is 2. The van der Waals surface area contributed by atoms with E-state index in [2.05, 4.69) is 10.0 Å². The van der Waals surface area contributed by atoms with Crippen LogP contribution in [0.15, 0.2) is 29.2 Å². The summed E-state index contributed by atoms with van der Waals surface area (Å²) in [5.41, 5.74) is 0.970. The number of carbonyl (C=O) groups is 1. The normalized spacial score (nSPS) is 17.2. The van der Waals surface area contributed by atoms with Crippen LogP contribution in [0.4, 0.5) is 0 Å². The molecule has 2 rings (SSSR count). The highest BCUT2D eigenvalue weighted by Crippen LogP contribution is 2.19. The Balaban J connectivity index is 1.74. The first-order valence-corrected chi connectivity index (χ1v) is 11.7. The fourth-order valence-electron chi connectivity index (χ4n) is 2.77. The molecule has 1 amide bonds. The van der Waals surface area contributed by atoms with Crippen LogP contribution in [-0.2, 0) is 24.8 Å². The minimum absolute atomic E-state index is 0.0874. The van der Waals surface area contributed by atoms with Gasteiger partial charge in [-0.3, -0.25) is 4.79 Å². The largest absolute Gasteiger partial charge is 0.355 e. The van der Waals surface area contributed by atoms with Gasteiger partial charge in [-0.05, 0) is 31.9 Å². The number of hydrogen-bond acceptors (Lipinski definition) is 5. The molecular weight excluding hydrogens is 378 g/mol. The summed E-state index contributed by atoms with van der Waals surface area (Å²) in [5.74, 6) is -0.422. The third-order valence-electron chi connectivity index (χ3n) is 4.34. The highest BCUT2D eigenvalue weighted by molar-refractivity contribution is 7.89. The van der Waals surface area contributed by atoms with E-state index in [0.717, 1.165) is 11.8 Å². The number of rotatable bonds is 7. The molecule has 26 heavy (non-hydrogen) atoms. The lowest BCUT2D eigenvalue weighted by Gasteiger charge is -2.29. The molecule has 1 aliphatic rings. The summed E-state index contributed by atoms with van der Waals surface area (Å²) in [6.45, 7) is 2.80. The maximum atomic E-state index is 12.1. The molecule has 1 aromatic carbocycles. The SMILES string of the molecule is Cc1ccc(S(=O)(=O)NCCNC(=O)C2CCN(S(C)(=O)=O)CC2)cc1. The van der Waals surface area contributed by atoms with Crippen molar-refractivity contribution in [2.75, 3.05) is 32.4 Å². The molecular formula is C16H25N3O5S2. The van der Waals surface area contributed by atoms with Gasteiger partial charge in [0.25, 0.3) is 0 Å². The average Bonchev–Trinajstić information content (AvgIpc) is 2.58. The predicted octanol–water partition coefficient (Wildman–Crippen LogP) is 0.0611. The third kappa shape index (κ3) is 5.76. The Morgan fingerprint density at radius 1 is 1.08 bits per heavy atom. The molecule has 2 N–H and O–H groups in total. The van der Waals surface area contributed by atoms with E-state index in [4.69, 9.17) is 0 Å². The quantitative estimate of drug-likeness (QED) is 0.625. The van der Waals surface area contributed by atoms with Crippen LogP contribution in [0.5, 0.6) is 0 Å². The molecule has 1 heterocycles. The third-order valence-corrected chi connectivity index (χ3v) is 7.12. The van der Waals surface area contributed by atoms with Crippen molar-refractivity contribution in [3.05, 3.63) is 29.8 Å². The Bertz CT molecular complexity index is 827. The summed E-state index contributed by atoms with van der Waals surface area (Å²) in [7, 11) is -6.81. The van der Waals surface area contributed by atoms with Crippen LogP contribution >= 0.6 is 0 Å². The smallest absolute Gasteiger partial charge is 0.240 e. The van der Waals surface area contributed by atoms with Gasteiger partial charge in [0.05, 0.1) is 11.2 Å². The van der Waals surface area contributed by atoms with Crippen LogP contribution in [-0.4, -0.2) is 59.5 Å². The minimum atomic E-state index is -3.60. The summed E-state index contributed by atoms with van der Waals surface area (Å²) < 4.78 is 51.0. The summed E-state index contributed by atoms with van der Waals surface area (Å²) in [6.07, 6.45) is 2.09. The van der Waals surface area contributed by atoms with Gasteiger partial charge in [-0.1, -0.05) is 17.7 Å². The van der Waals surface area contributed by atoms with Crippen molar-refractivity contribution in [2.45, 2.75) is 24.7 Å². The number of hydrogen-bond donors (Lipinski definition) is 2. The van der Waals surface area contributed by atoms with Gasteiger partial charge in [0, 0.05) is 32.1 Å². The van der Waals surface area contributed by atoms with E-state index in [0.29, 0.717) is 25.9 Å². The molecule has 0 spiro atoms. The highest BCUT2D eigenvalue weighted by Gasteiger charge is 2.28. The molecule has 0 bridgehead atoms. The van der Waals surface area contributed by atoms with Crippen LogP contribution in [0.25, 0.3) is 0 Å². The Kier molecular flexibility index (Phi) is 6.78. The van der Waals surface area contributed by atoms with Crippen molar-refractivity contribution in [1.29, 1.82) is 0 Å². The Labute approximate surface area is 155 Å². The highest BCUT2D eigenvalue weighted by atomic mass is 32.2. The monoisotopic (exact) mass is 403 g/mol. The number of nitrogens with zero attached hydrogens (tertiary/aromatic N) is 1. The lowest BCUT2D eigenvalue weighted by Crippen LogP contribution is -2.44. The van der Waals surface area contributed by atoms with Gasteiger partial charge in [0.2, 0.25) is 26.0 Å². The standard InChI is InChI=1S/C16H25N3O5S2/c1-13-3-5-15(6-4-13)26(23,24)18-10-9-17-16(20)14-7-11-19(12-8-14)25(2,21)22/h3-6,14,18H,7-12H2,1-2H3,(H,17,20). The van der Waals surface area contributed by atoms with E-state index >= 15 is 0 Å². The van der Waals surface area contributed by atoms with Crippen molar-refractivity contribution in [3.63, 3.8) is 0 Å². The lowest BCUT2D eigenvalue weighted by atomic mass is 9.97. The number of benzene rings is 1. The fraction of sp³-hybridized carbons (Fsp3) is 0.562. The van der Waals surface area contributed by atoms with E-state index in [1.807, 2.05) is 6.92 Å². The second kappa shape index (κ2) is 8.47. The van der Waals surface area contributed by atoms with E-state index in [1.165, 1.54) is 16.4 Å². The number of amides is 1. The molecule has 1 saturated heterocycles. The molecule has 0 aromatic heterocycles. The van der Waals surface area contributed by atoms with Crippen molar-refractivity contribution >= 4 is 26.0 Å². The molecule has 0 unspecified atom stereocenters. The summed E-state index contributed by atoms with van der Waals surface area (Å²) in [6, 6.07) is 6.51. The number of nitrogens with one attached hydrogen (secondary N) is 2. The zero-order valence-electron chi connectivity index (χ0n) is 14.9. The van der Waals surface area contributed by atoms with Gasteiger partial charge >= 0.3 is 0 Å². The van der Waals surface area contributed by atoms with E-state index < -0.39 is 20.0 Å². The van der Waals surface area contributed by atoms with Gasteiger partial charge < -0.3 is 5.32 Å². The lowest BCUT2D eigenvalue weighted by molar-refractivity contribution is -0.126. The Hall–Kier alpha value is -1.49. The van der Waals surface area contributed by atoms with Crippen LogP contribution in [0.3, 0.4) is 0 Å². The molecule has 0 radical (unpaired) electrons. The van der Waals surface area contributed by atoms with Crippen LogP contribution in [0.1, 0.15) is 18.4 Å². The van der Waals surface area contributed by atoms with Gasteiger partial charge in [0.15, 0.2) is 0 Å². The maximum absolute atomic E-state index is 12.1. The van der Waals surface area contributed by atoms with E-state index in [1.54, 1.807) is 12.1 Å². The van der Waals surface area contributed by atoms with Crippen LogP contribution in [0.2, 0.25) is 0 Å². The first kappa shape index (κ1) is 20.8. The first-order chi connectivity index (χ1) is 12.1. The molecule has 146 valence electrons. The molecule has 0 saturated carbocycles. The summed E-state index contributed by atoms with van der Waals surface area (Å²) >= 11 is 0. The summed E-state index contributed by atoms with van der Waals surface area (Å²) in [5, 5.41) is 2.71. The topological polar surface area (TPSA) is 113 Å². The van der Waals surface area contributed by atoms with Crippen molar-refractivity contribution < 1.29 is 21.6 Å². The van der Waals surface area contributed by atoms with Gasteiger partial charge in [0.1, 0.15) is 0 Å². The number of aryl methyl sites for hydroxylation is 1. The minimum Gasteiger partial charge on any atom is -0.355 e. The zero-order chi connectivity index (χ0) is 19.4. The molecule has 8 nitrogen and oxygen atoms in total. The van der Waals surface area contributed by atoms with E-state index in [-0.39, 0.29) is 29.8 Å². The van der Waals surface area contributed by atoms with Gasteiger partial charge in [-0.15, -0.1) is 0 Å². The van der Waals surface area contributed by atoms with Crippen molar-refractivity contribution in [1.82, 2.24) is 14.3 Å². The Morgan fingerprint density at radius 3 is 2.19 bits per heavy atom. The molecule has 10 heteroatoms. The van der Waals surface area contributed by atoms with Gasteiger partial charge in [-0.25, -0.2) is 25.9 Å². The van der Waals surface area contributed by atoms with Crippen molar-refractivity contribution in [3.8, 4) is 0 Å². The first-order valence-electron chi connectivity index (χ1n) is 8.39. The number of piperidine rings is 1. The predicted molar refractivity (Wildman–Crippen MR) is 98.5 cm³/mol. The molecule has 1 aromatic rings. The van der Waals surface area contributed by atoms with Crippen LogP contribution < -0.4 is 10.0 Å². The fourth-order valence-corrected chi connectivity index (χ4v) is 4.67. The summed E-state index contributed by atoms with van der Waals surface area (Å²) in [4.78, 5) is 12.3. The van der Waals surface area contributed by atoms with Gasteiger partial charge in [-0.2, -0.15) is 0 Å². The zero-order valence-corrected chi connectivity index (χ0v) is 16.6. The number of carbonyl (C=O) groups excluding carboxylic acids is 1. The molecule has 0 atom stereocenters. The second-order valence-corrected chi connectivity index (χ2v) is 10.2. The maximum Gasteiger partial charge on any atom is 0.240 e. The average molecular weight is 404 g/mol. The molecule has 1 fully saturated rings. The Morgan fingerprint density at radius 2 is 1.65 bits per heavy atom. The van der Waals surface area contributed by atoms with Crippen LogP contribution in [0, 0.1) is 12.8 Å². The van der Waals surface area contributed by atoms with E-state index in [9.17, 15) is 21.6 Å². The second-order valence-electron chi connectivity index (χ2n) is 6.44. The molecule has 0 aliphatic carbocycles.